The Hall–Kier alpha value is -0.870. The molecule has 0 spiro atoms. The van der Waals surface area contributed by atoms with Gasteiger partial charge in [0, 0.05) is 30.5 Å². The average molecular weight is 299 g/mol. The molecule has 0 aromatic heterocycles. The van der Waals surface area contributed by atoms with Crippen molar-refractivity contribution in [2.45, 2.75) is 32.4 Å². The maximum Gasteiger partial charge on any atom is 0.224 e. The van der Waals surface area contributed by atoms with Crippen molar-refractivity contribution in [1.29, 1.82) is 0 Å². The number of rotatable bonds is 5. The predicted molar refractivity (Wildman–Crippen MR) is 73.5 cm³/mol. The SMILES string of the molecule is CCC(N)CC(=O)N(C)Cc1cccc(Br)c1. The van der Waals surface area contributed by atoms with Gasteiger partial charge in [0.25, 0.3) is 0 Å². The summed E-state index contributed by atoms with van der Waals surface area (Å²) in [5.41, 5.74) is 6.89. The van der Waals surface area contributed by atoms with Gasteiger partial charge in [0.15, 0.2) is 0 Å². The fourth-order valence-corrected chi connectivity index (χ4v) is 1.97. The molecule has 1 unspecified atom stereocenters. The average Bonchev–Trinajstić information content (AvgIpc) is 2.28. The Bertz CT molecular complexity index is 381. The lowest BCUT2D eigenvalue weighted by Gasteiger charge is -2.19. The Balaban J connectivity index is 2.54. The van der Waals surface area contributed by atoms with Gasteiger partial charge in [-0.3, -0.25) is 4.79 Å². The quantitative estimate of drug-likeness (QED) is 0.908. The van der Waals surface area contributed by atoms with Crippen LogP contribution < -0.4 is 5.73 Å². The summed E-state index contributed by atoms with van der Waals surface area (Å²) in [5.74, 6) is 0.0966. The second-order valence-corrected chi connectivity index (χ2v) is 5.17. The topological polar surface area (TPSA) is 46.3 Å². The highest BCUT2D eigenvalue weighted by atomic mass is 79.9. The lowest BCUT2D eigenvalue weighted by Crippen LogP contribution is -2.32. The number of hydrogen-bond acceptors (Lipinski definition) is 2. The minimum Gasteiger partial charge on any atom is -0.341 e. The summed E-state index contributed by atoms with van der Waals surface area (Å²) in [4.78, 5) is 13.6. The fourth-order valence-electron chi connectivity index (χ4n) is 1.52. The number of carbonyl (C=O) groups excluding carboxylic acids is 1. The molecule has 0 fully saturated rings. The van der Waals surface area contributed by atoms with Gasteiger partial charge >= 0.3 is 0 Å². The number of hydrogen-bond donors (Lipinski definition) is 1. The number of halogens is 1. The van der Waals surface area contributed by atoms with Gasteiger partial charge in [0.1, 0.15) is 0 Å². The molecule has 1 atom stereocenters. The zero-order valence-corrected chi connectivity index (χ0v) is 11.9. The van der Waals surface area contributed by atoms with Gasteiger partial charge in [-0.2, -0.15) is 0 Å². The monoisotopic (exact) mass is 298 g/mol. The van der Waals surface area contributed by atoms with Gasteiger partial charge in [-0.25, -0.2) is 0 Å². The van der Waals surface area contributed by atoms with Crippen LogP contribution in [0.1, 0.15) is 25.3 Å². The number of carbonyl (C=O) groups is 1. The maximum absolute atomic E-state index is 11.8. The standard InChI is InChI=1S/C13H19BrN2O/c1-3-12(15)8-13(17)16(2)9-10-5-4-6-11(14)7-10/h4-7,12H,3,8-9,15H2,1-2H3. The van der Waals surface area contributed by atoms with Crippen molar-refractivity contribution in [3.05, 3.63) is 34.3 Å². The molecule has 2 N–H and O–H groups in total. The lowest BCUT2D eigenvalue weighted by atomic mass is 10.1. The molecular formula is C13H19BrN2O. The molecule has 1 aromatic carbocycles. The minimum absolute atomic E-state index is 0.0348. The van der Waals surface area contributed by atoms with E-state index in [1.165, 1.54) is 0 Å². The first kappa shape index (κ1) is 14.2. The third-order valence-electron chi connectivity index (χ3n) is 2.70. The van der Waals surface area contributed by atoms with Crippen molar-refractivity contribution in [1.82, 2.24) is 4.90 Å². The summed E-state index contributed by atoms with van der Waals surface area (Å²) in [7, 11) is 1.81. The van der Waals surface area contributed by atoms with Crippen molar-refractivity contribution in [2.24, 2.45) is 5.73 Å². The zero-order valence-electron chi connectivity index (χ0n) is 10.3. The highest BCUT2D eigenvalue weighted by Gasteiger charge is 2.12. The van der Waals surface area contributed by atoms with Crippen molar-refractivity contribution in [2.75, 3.05) is 7.05 Å². The first-order valence-corrected chi connectivity index (χ1v) is 6.56. The van der Waals surface area contributed by atoms with Crippen LogP contribution in [0.5, 0.6) is 0 Å². The van der Waals surface area contributed by atoms with Gasteiger partial charge in [0.2, 0.25) is 5.91 Å². The molecule has 1 amide bonds. The number of nitrogens with two attached hydrogens (primary N) is 1. The molecule has 0 radical (unpaired) electrons. The molecule has 94 valence electrons. The van der Waals surface area contributed by atoms with Crippen LogP contribution in [0, 0.1) is 0 Å². The first-order chi connectivity index (χ1) is 8.02. The number of amides is 1. The molecular weight excluding hydrogens is 280 g/mol. The van der Waals surface area contributed by atoms with E-state index in [0.29, 0.717) is 13.0 Å². The van der Waals surface area contributed by atoms with Crippen LogP contribution in [0.25, 0.3) is 0 Å². The first-order valence-electron chi connectivity index (χ1n) is 5.77. The molecule has 0 aliphatic carbocycles. The van der Waals surface area contributed by atoms with E-state index in [0.717, 1.165) is 16.5 Å². The van der Waals surface area contributed by atoms with E-state index in [4.69, 9.17) is 5.73 Å². The molecule has 17 heavy (non-hydrogen) atoms. The van der Waals surface area contributed by atoms with Crippen molar-refractivity contribution in [3.63, 3.8) is 0 Å². The third-order valence-corrected chi connectivity index (χ3v) is 3.19. The second kappa shape index (κ2) is 6.77. The Labute approximate surface area is 111 Å². The molecule has 0 aliphatic heterocycles. The largest absolute Gasteiger partial charge is 0.341 e. The van der Waals surface area contributed by atoms with Crippen LogP contribution in [-0.4, -0.2) is 23.9 Å². The third kappa shape index (κ3) is 4.88. The highest BCUT2D eigenvalue weighted by molar-refractivity contribution is 9.10. The van der Waals surface area contributed by atoms with E-state index in [1.54, 1.807) is 4.90 Å². The Morgan fingerprint density at radius 2 is 2.24 bits per heavy atom. The van der Waals surface area contributed by atoms with Crippen LogP contribution >= 0.6 is 15.9 Å². The summed E-state index contributed by atoms with van der Waals surface area (Å²) in [6, 6.07) is 7.93. The smallest absolute Gasteiger partial charge is 0.224 e. The van der Waals surface area contributed by atoms with Crippen LogP contribution in [-0.2, 0) is 11.3 Å². The maximum atomic E-state index is 11.8. The zero-order chi connectivity index (χ0) is 12.8. The van der Waals surface area contributed by atoms with Crippen molar-refractivity contribution in [3.8, 4) is 0 Å². The van der Waals surface area contributed by atoms with Gasteiger partial charge in [-0.1, -0.05) is 35.0 Å². The Morgan fingerprint density at radius 3 is 2.82 bits per heavy atom. The van der Waals surface area contributed by atoms with E-state index in [1.807, 2.05) is 38.2 Å². The second-order valence-electron chi connectivity index (χ2n) is 4.25. The molecule has 0 aliphatic rings. The van der Waals surface area contributed by atoms with Gasteiger partial charge in [0.05, 0.1) is 0 Å². The molecule has 1 aromatic rings. The molecule has 4 heteroatoms. The van der Waals surface area contributed by atoms with Gasteiger partial charge in [-0.05, 0) is 24.1 Å². The molecule has 0 bridgehead atoms. The van der Waals surface area contributed by atoms with E-state index < -0.39 is 0 Å². The molecule has 0 saturated carbocycles. The Kier molecular flexibility index (Phi) is 5.65. The van der Waals surface area contributed by atoms with E-state index in [2.05, 4.69) is 15.9 Å². The van der Waals surface area contributed by atoms with Crippen LogP contribution in [0.4, 0.5) is 0 Å². The molecule has 3 nitrogen and oxygen atoms in total. The van der Waals surface area contributed by atoms with Crippen LogP contribution in [0.15, 0.2) is 28.7 Å². The summed E-state index contributed by atoms with van der Waals surface area (Å²) in [6.45, 7) is 2.61. The van der Waals surface area contributed by atoms with Gasteiger partial charge < -0.3 is 10.6 Å². The molecule has 0 heterocycles. The summed E-state index contributed by atoms with van der Waals surface area (Å²) >= 11 is 3.42. The summed E-state index contributed by atoms with van der Waals surface area (Å²) in [5, 5.41) is 0. The normalized spacial score (nSPS) is 12.2. The summed E-state index contributed by atoms with van der Waals surface area (Å²) in [6.07, 6.45) is 1.25. The molecule has 1 rings (SSSR count). The van der Waals surface area contributed by atoms with E-state index in [-0.39, 0.29) is 11.9 Å². The molecule has 0 saturated heterocycles. The highest BCUT2D eigenvalue weighted by Crippen LogP contribution is 2.13. The van der Waals surface area contributed by atoms with E-state index >= 15 is 0 Å². The predicted octanol–water partition coefficient (Wildman–Crippen LogP) is 2.53. The Morgan fingerprint density at radius 1 is 1.53 bits per heavy atom. The van der Waals surface area contributed by atoms with Crippen LogP contribution in [0.2, 0.25) is 0 Å². The number of benzene rings is 1. The van der Waals surface area contributed by atoms with E-state index in [9.17, 15) is 4.79 Å². The van der Waals surface area contributed by atoms with Crippen molar-refractivity contribution < 1.29 is 4.79 Å². The lowest BCUT2D eigenvalue weighted by molar-refractivity contribution is -0.130. The van der Waals surface area contributed by atoms with Crippen molar-refractivity contribution >= 4 is 21.8 Å². The number of nitrogens with zero attached hydrogens (tertiary/aromatic N) is 1. The fraction of sp³-hybridized carbons (Fsp3) is 0.462. The summed E-state index contributed by atoms with van der Waals surface area (Å²) < 4.78 is 1.03. The van der Waals surface area contributed by atoms with Gasteiger partial charge in [-0.15, -0.1) is 0 Å². The minimum atomic E-state index is -0.0348. The van der Waals surface area contributed by atoms with Crippen LogP contribution in [0.3, 0.4) is 0 Å².